The lowest BCUT2D eigenvalue weighted by Gasteiger charge is -2.18. The number of carbonyl (C=O) groups is 1. The van der Waals surface area contributed by atoms with Crippen LogP contribution in [-0.2, 0) is 14.8 Å². The lowest BCUT2D eigenvalue weighted by atomic mass is 10.1. The largest absolute Gasteiger partial charge is 0.480 e. The summed E-state index contributed by atoms with van der Waals surface area (Å²) in [6, 6.07) is 2.46. The van der Waals surface area contributed by atoms with Crippen LogP contribution in [-0.4, -0.2) is 25.5 Å². The van der Waals surface area contributed by atoms with Crippen LogP contribution >= 0.6 is 15.9 Å². The summed E-state index contributed by atoms with van der Waals surface area (Å²) >= 11 is 2.88. The summed E-state index contributed by atoms with van der Waals surface area (Å²) in [5.74, 6) is -2.74. The number of rotatable bonds is 5. The zero-order valence-electron chi connectivity index (χ0n) is 10.2. The van der Waals surface area contributed by atoms with Gasteiger partial charge < -0.3 is 5.11 Å². The summed E-state index contributed by atoms with van der Waals surface area (Å²) in [5.41, 5.74) is 0. The van der Waals surface area contributed by atoms with Gasteiger partial charge in [0, 0.05) is 0 Å². The first-order valence-corrected chi connectivity index (χ1v) is 7.63. The van der Waals surface area contributed by atoms with Crippen molar-refractivity contribution in [2.75, 3.05) is 0 Å². The Hall–Kier alpha value is -0.990. The van der Waals surface area contributed by atoms with E-state index in [2.05, 4.69) is 15.9 Å². The molecular formula is C11H13BrFNO4S. The van der Waals surface area contributed by atoms with Crippen molar-refractivity contribution in [2.45, 2.75) is 24.8 Å². The third-order valence-corrected chi connectivity index (χ3v) is 4.49. The molecule has 0 unspecified atom stereocenters. The fourth-order valence-corrected chi connectivity index (χ4v) is 3.33. The van der Waals surface area contributed by atoms with Crippen LogP contribution in [0, 0.1) is 11.7 Å². The summed E-state index contributed by atoms with van der Waals surface area (Å²) in [6.07, 6.45) is 0. The Bertz CT molecular complexity index is 588. The molecule has 0 aliphatic carbocycles. The van der Waals surface area contributed by atoms with E-state index in [0.29, 0.717) is 0 Å². The summed E-state index contributed by atoms with van der Waals surface area (Å²) in [5, 5.41) is 8.95. The summed E-state index contributed by atoms with van der Waals surface area (Å²) in [7, 11) is -4.24. The van der Waals surface area contributed by atoms with Gasteiger partial charge in [-0.3, -0.25) is 4.79 Å². The maximum absolute atomic E-state index is 13.7. The molecule has 0 heterocycles. The Morgan fingerprint density at radius 2 is 2.00 bits per heavy atom. The molecule has 1 rings (SSSR count). The average molecular weight is 354 g/mol. The van der Waals surface area contributed by atoms with Gasteiger partial charge in [-0.1, -0.05) is 19.9 Å². The van der Waals surface area contributed by atoms with Crippen molar-refractivity contribution in [1.82, 2.24) is 4.72 Å². The second-order valence-corrected chi connectivity index (χ2v) is 6.77. The lowest BCUT2D eigenvalue weighted by molar-refractivity contribution is -0.140. The van der Waals surface area contributed by atoms with Gasteiger partial charge in [0.2, 0.25) is 10.0 Å². The van der Waals surface area contributed by atoms with Crippen LogP contribution in [0.5, 0.6) is 0 Å². The number of hydrogen-bond acceptors (Lipinski definition) is 3. The molecule has 0 spiro atoms. The van der Waals surface area contributed by atoms with E-state index in [4.69, 9.17) is 5.11 Å². The normalized spacial score (nSPS) is 13.5. The number of halogens is 2. The molecule has 0 aliphatic heterocycles. The SMILES string of the molecule is CC(C)[C@@H](NS(=O)(=O)c1cccc(Br)c1F)C(=O)O. The highest BCUT2D eigenvalue weighted by Crippen LogP contribution is 2.22. The Morgan fingerprint density at radius 3 is 2.47 bits per heavy atom. The molecule has 0 bridgehead atoms. The van der Waals surface area contributed by atoms with Crippen molar-refractivity contribution in [3.05, 3.63) is 28.5 Å². The summed E-state index contributed by atoms with van der Waals surface area (Å²) < 4.78 is 39.7. The van der Waals surface area contributed by atoms with Crippen molar-refractivity contribution < 1.29 is 22.7 Å². The maximum atomic E-state index is 13.7. The van der Waals surface area contributed by atoms with Crippen LogP contribution in [0.1, 0.15) is 13.8 Å². The first-order chi connectivity index (χ1) is 8.66. The molecular weight excluding hydrogens is 341 g/mol. The predicted octanol–water partition coefficient (Wildman–Crippen LogP) is 1.98. The van der Waals surface area contributed by atoms with Crippen LogP contribution in [0.2, 0.25) is 0 Å². The topological polar surface area (TPSA) is 83.5 Å². The molecule has 19 heavy (non-hydrogen) atoms. The molecule has 0 radical (unpaired) electrons. The lowest BCUT2D eigenvalue weighted by Crippen LogP contribution is -2.44. The van der Waals surface area contributed by atoms with Crippen molar-refractivity contribution in [1.29, 1.82) is 0 Å². The fraction of sp³-hybridized carbons (Fsp3) is 0.364. The van der Waals surface area contributed by atoms with Gasteiger partial charge in [0.05, 0.1) is 4.47 Å². The number of nitrogens with one attached hydrogen (secondary N) is 1. The number of sulfonamides is 1. The van der Waals surface area contributed by atoms with E-state index < -0.39 is 38.7 Å². The molecule has 1 aromatic carbocycles. The first-order valence-electron chi connectivity index (χ1n) is 5.36. The third kappa shape index (κ3) is 3.74. The van der Waals surface area contributed by atoms with Crippen LogP contribution in [0.4, 0.5) is 4.39 Å². The van der Waals surface area contributed by atoms with Gasteiger partial charge in [0.15, 0.2) is 5.82 Å². The standard InChI is InChI=1S/C11H13BrFNO4S/c1-6(2)10(11(15)16)14-19(17,18)8-5-3-4-7(12)9(8)13/h3-6,10,14H,1-2H3,(H,15,16)/t10-/m1/s1. The van der Waals surface area contributed by atoms with Crippen molar-refractivity contribution in [3.63, 3.8) is 0 Å². The predicted molar refractivity (Wildman–Crippen MR) is 70.7 cm³/mol. The van der Waals surface area contributed by atoms with Crippen molar-refractivity contribution in [3.8, 4) is 0 Å². The highest BCUT2D eigenvalue weighted by molar-refractivity contribution is 9.10. The van der Waals surface area contributed by atoms with E-state index in [-0.39, 0.29) is 4.47 Å². The zero-order valence-corrected chi connectivity index (χ0v) is 12.6. The van der Waals surface area contributed by atoms with E-state index in [9.17, 15) is 17.6 Å². The second kappa shape index (κ2) is 5.98. The van der Waals surface area contributed by atoms with E-state index in [0.717, 1.165) is 6.07 Å². The zero-order chi connectivity index (χ0) is 14.8. The maximum Gasteiger partial charge on any atom is 0.322 e. The van der Waals surface area contributed by atoms with E-state index in [1.807, 2.05) is 4.72 Å². The molecule has 1 atom stereocenters. The summed E-state index contributed by atoms with van der Waals surface area (Å²) in [6.45, 7) is 3.11. The van der Waals surface area contributed by atoms with Gasteiger partial charge in [-0.2, -0.15) is 4.72 Å². The molecule has 0 aromatic heterocycles. The van der Waals surface area contributed by atoms with Crippen LogP contribution in [0.25, 0.3) is 0 Å². The Balaban J connectivity index is 3.18. The number of carboxylic acids is 1. The molecule has 0 saturated carbocycles. The molecule has 1 aromatic rings. The third-order valence-electron chi connectivity index (χ3n) is 2.42. The van der Waals surface area contributed by atoms with Crippen LogP contribution < -0.4 is 4.72 Å². The number of benzene rings is 1. The smallest absolute Gasteiger partial charge is 0.322 e. The number of carboxylic acid groups (broad SMARTS) is 1. The minimum Gasteiger partial charge on any atom is -0.480 e. The number of aliphatic carboxylic acids is 1. The molecule has 0 amide bonds. The van der Waals surface area contributed by atoms with Gasteiger partial charge in [-0.25, -0.2) is 12.8 Å². The van der Waals surface area contributed by atoms with E-state index >= 15 is 0 Å². The minimum atomic E-state index is -4.24. The van der Waals surface area contributed by atoms with Gasteiger partial charge in [-0.15, -0.1) is 0 Å². The number of hydrogen-bond donors (Lipinski definition) is 2. The van der Waals surface area contributed by atoms with Crippen molar-refractivity contribution >= 4 is 31.9 Å². The van der Waals surface area contributed by atoms with Gasteiger partial charge >= 0.3 is 5.97 Å². The summed E-state index contributed by atoms with van der Waals surface area (Å²) in [4.78, 5) is 10.4. The Kier molecular flexibility index (Phi) is 5.05. The van der Waals surface area contributed by atoms with Gasteiger partial charge in [0.1, 0.15) is 10.9 Å². The molecule has 8 heteroatoms. The van der Waals surface area contributed by atoms with Gasteiger partial charge in [-0.05, 0) is 34.0 Å². The average Bonchev–Trinajstić information content (AvgIpc) is 2.28. The molecule has 0 aliphatic rings. The molecule has 2 N–H and O–H groups in total. The highest BCUT2D eigenvalue weighted by Gasteiger charge is 2.30. The minimum absolute atomic E-state index is 0.00760. The van der Waals surface area contributed by atoms with Crippen LogP contribution in [0.3, 0.4) is 0 Å². The first kappa shape index (κ1) is 16.1. The molecule has 0 fully saturated rings. The molecule has 0 saturated heterocycles. The monoisotopic (exact) mass is 353 g/mol. The Morgan fingerprint density at radius 1 is 1.42 bits per heavy atom. The Labute approximate surface area is 119 Å². The fourth-order valence-electron chi connectivity index (χ4n) is 1.39. The van der Waals surface area contributed by atoms with Crippen LogP contribution in [0.15, 0.2) is 27.6 Å². The van der Waals surface area contributed by atoms with E-state index in [1.165, 1.54) is 12.1 Å². The molecule has 5 nitrogen and oxygen atoms in total. The quantitative estimate of drug-likeness (QED) is 0.847. The highest BCUT2D eigenvalue weighted by atomic mass is 79.9. The van der Waals surface area contributed by atoms with E-state index in [1.54, 1.807) is 13.8 Å². The van der Waals surface area contributed by atoms with Gasteiger partial charge in [0.25, 0.3) is 0 Å². The van der Waals surface area contributed by atoms with Crippen molar-refractivity contribution in [2.24, 2.45) is 5.92 Å². The second-order valence-electron chi connectivity index (χ2n) is 4.23. The molecule has 106 valence electrons.